The van der Waals surface area contributed by atoms with Crippen molar-refractivity contribution in [2.75, 3.05) is 27.0 Å². The van der Waals surface area contributed by atoms with Crippen LogP contribution in [0.15, 0.2) is 64.5 Å². The molecule has 0 bridgehead atoms. The number of halogens is 1. The summed E-state index contributed by atoms with van der Waals surface area (Å²) in [4.78, 5) is 6.64. The van der Waals surface area contributed by atoms with Crippen LogP contribution in [0.4, 0.5) is 0 Å². The fourth-order valence-corrected chi connectivity index (χ4v) is 4.47. The molecule has 0 aliphatic rings. The Morgan fingerprint density at radius 3 is 2.28 bits per heavy atom. The standard InChI is InChI=1S/C21H29N3O3S.HI/c1-5-18(16-28(25,26)20-9-7-6-8-10-20)23-21(22-2)24(3)15-17-11-13-19(27-4)14-12-17;/h6-14,18H,5,15-16H2,1-4H3,(H,22,23);1H. The summed E-state index contributed by atoms with van der Waals surface area (Å²) in [6, 6.07) is 16.2. The molecule has 0 heterocycles. The third-order valence-corrected chi connectivity index (χ3v) is 6.33. The van der Waals surface area contributed by atoms with Gasteiger partial charge < -0.3 is 15.0 Å². The summed E-state index contributed by atoms with van der Waals surface area (Å²) in [5.74, 6) is 1.49. The van der Waals surface area contributed by atoms with Crippen molar-refractivity contribution in [3.63, 3.8) is 0 Å². The molecule has 0 radical (unpaired) electrons. The summed E-state index contributed by atoms with van der Waals surface area (Å²) in [5.41, 5.74) is 1.11. The second kappa shape index (κ2) is 12.0. The van der Waals surface area contributed by atoms with E-state index < -0.39 is 9.84 Å². The predicted molar refractivity (Wildman–Crippen MR) is 129 cm³/mol. The molecule has 0 fully saturated rings. The number of hydrogen-bond acceptors (Lipinski definition) is 4. The second-order valence-electron chi connectivity index (χ2n) is 6.60. The van der Waals surface area contributed by atoms with Gasteiger partial charge in [-0.2, -0.15) is 0 Å². The summed E-state index contributed by atoms with van der Waals surface area (Å²) in [6.45, 7) is 2.61. The molecule has 6 nitrogen and oxygen atoms in total. The lowest BCUT2D eigenvalue weighted by molar-refractivity contribution is 0.414. The average molecular weight is 531 g/mol. The second-order valence-corrected chi connectivity index (χ2v) is 8.63. The fraction of sp³-hybridized carbons (Fsp3) is 0.381. The van der Waals surface area contributed by atoms with E-state index in [1.54, 1.807) is 38.4 Å². The molecule has 8 heteroatoms. The van der Waals surface area contributed by atoms with Crippen molar-refractivity contribution in [1.82, 2.24) is 10.2 Å². The van der Waals surface area contributed by atoms with E-state index in [9.17, 15) is 8.42 Å². The van der Waals surface area contributed by atoms with Gasteiger partial charge in [-0.25, -0.2) is 8.42 Å². The summed E-state index contributed by atoms with van der Waals surface area (Å²) >= 11 is 0. The monoisotopic (exact) mass is 531 g/mol. The van der Waals surface area contributed by atoms with Crippen LogP contribution in [-0.2, 0) is 16.4 Å². The molecule has 1 unspecified atom stereocenters. The molecule has 2 rings (SSSR count). The molecule has 0 amide bonds. The third kappa shape index (κ3) is 7.50. The van der Waals surface area contributed by atoms with Crippen LogP contribution in [0.2, 0.25) is 0 Å². The normalized spacial score (nSPS) is 12.6. The van der Waals surface area contributed by atoms with Crippen LogP contribution in [0, 0.1) is 0 Å². The minimum atomic E-state index is -3.37. The van der Waals surface area contributed by atoms with Gasteiger partial charge in [0.25, 0.3) is 0 Å². The zero-order valence-electron chi connectivity index (χ0n) is 17.3. The Morgan fingerprint density at radius 2 is 1.76 bits per heavy atom. The Bertz CT molecular complexity index is 872. The van der Waals surface area contributed by atoms with Crippen molar-refractivity contribution in [2.45, 2.75) is 30.8 Å². The molecule has 2 aromatic rings. The number of ether oxygens (including phenoxy) is 1. The smallest absolute Gasteiger partial charge is 0.193 e. The van der Waals surface area contributed by atoms with Crippen LogP contribution in [0.25, 0.3) is 0 Å². The summed E-state index contributed by atoms with van der Waals surface area (Å²) < 4.78 is 30.6. The van der Waals surface area contributed by atoms with Crippen LogP contribution in [0.5, 0.6) is 5.75 Å². The Balaban J connectivity index is 0.00000420. The lowest BCUT2D eigenvalue weighted by atomic mass is 10.2. The topological polar surface area (TPSA) is 71.0 Å². The average Bonchev–Trinajstić information content (AvgIpc) is 2.72. The van der Waals surface area contributed by atoms with Gasteiger partial charge in [-0.05, 0) is 36.2 Å². The van der Waals surface area contributed by atoms with E-state index in [1.807, 2.05) is 49.2 Å². The number of hydrogen-bond donors (Lipinski definition) is 1. The number of sulfone groups is 1. The van der Waals surface area contributed by atoms with E-state index in [4.69, 9.17) is 4.74 Å². The van der Waals surface area contributed by atoms with Gasteiger partial charge in [0.2, 0.25) is 0 Å². The summed E-state index contributed by atoms with van der Waals surface area (Å²) in [5, 5.41) is 3.29. The van der Waals surface area contributed by atoms with E-state index >= 15 is 0 Å². The molecule has 1 atom stereocenters. The van der Waals surface area contributed by atoms with Gasteiger partial charge in [0, 0.05) is 26.7 Å². The highest BCUT2D eigenvalue weighted by molar-refractivity contribution is 14.0. The number of guanidine groups is 1. The molecule has 0 aliphatic heterocycles. The van der Waals surface area contributed by atoms with Gasteiger partial charge >= 0.3 is 0 Å². The molecule has 0 saturated carbocycles. The minimum Gasteiger partial charge on any atom is -0.497 e. The first-order valence-electron chi connectivity index (χ1n) is 9.24. The van der Waals surface area contributed by atoms with E-state index in [0.717, 1.165) is 11.3 Å². The zero-order chi connectivity index (χ0) is 20.6. The van der Waals surface area contributed by atoms with Crippen molar-refractivity contribution in [3.05, 3.63) is 60.2 Å². The van der Waals surface area contributed by atoms with Gasteiger partial charge in [-0.3, -0.25) is 4.99 Å². The van der Waals surface area contributed by atoms with Crippen molar-refractivity contribution >= 4 is 39.8 Å². The molecule has 1 N–H and O–H groups in total. The fourth-order valence-electron chi connectivity index (χ4n) is 2.86. The largest absolute Gasteiger partial charge is 0.497 e. The molecule has 29 heavy (non-hydrogen) atoms. The maximum atomic E-state index is 12.7. The first kappa shape index (κ1) is 25.2. The number of nitrogens with zero attached hydrogens (tertiary/aromatic N) is 2. The van der Waals surface area contributed by atoms with Gasteiger partial charge in [0.05, 0.1) is 17.8 Å². The highest BCUT2D eigenvalue weighted by Crippen LogP contribution is 2.14. The number of nitrogens with one attached hydrogen (secondary N) is 1. The predicted octanol–water partition coefficient (Wildman–Crippen LogP) is 3.57. The highest BCUT2D eigenvalue weighted by Gasteiger charge is 2.22. The van der Waals surface area contributed by atoms with Crippen molar-refractivity contribution in [2.24, 2.45) is 4.99 Å². The van der Waals surface area contributed by atoms with Crippen LogP contribution >= 0.6 is 24.0 Å². The van der Waals surface area contributed by atoms with E-state index in [-0.39, 0.29) is 35.8 Å². The molecule has 0 saturated heterocycles. The van der Waals surface area contributed by atoms with Gasteiger partial charge in [0.15, 0.2) is 15.8 Å². The Kier molecular flexibility index (Phi) is 10.5. The number of methoxy groups -OCH3 is 1. The van der Waals surface area contributed by atoms with Crippen molar-refractivity contribution < 1.29 is 13.2 Å². The van der Waals surface area contributed by atoms with Gasteiger partial charge in [-0.15, -0.1) is 24.0 Å². The summed E-state index contributed by atoms with van der Waals surface area (Å²) in [7, 11) is 1.90. The van der Waals surface area contributed by atoms with Gasteiger partial charge in [0.1, 0.15) is 5.75 Å². The first-order chi connectivity index (χ1) is 13.4. The number of aliphatic imine (C=N–C) groups is 1. The molecule has 0 spiro atoms. The Hall–Kier alpha value is -1.81. The lowest BCUT2D eigenvalue weighted by Gasteiger charge is -2.26. The quantitative estimate of drug-likeness (QED) is 0.321. The number of benzene rings is 2. The molecule has 0 aromatic heterocycles. The summed E-state index contributed by atoms with van der Waals surface area (Å²) in [6.07, 6.45) is 0.668. The Morgan fingerprint density at radius 1 is 1.14 bits per heavy atom. The third-order valence-electron chi connectivity index (χ3n) is 4.50. The van der Waals surface area contributed by atoms with Crippen LogP contribution < -0.4 is 10.1 Å². The van der Waals surface area contributed by atoms with Crippen LogP contribution in [-0.4, -0.2) is 52.3 Å². The van der Waals surface area contributed by atoms with Crippen molar-refractivity contribution in [1.29, 1.82) is 0 Å². The first-order valence-corrected chi connectivity index (χ1v) is 10.9. The number of rotatable bonds is 8. The van der Waals surface area contributed by atoms with E-state index in [2.05, 4.69) is 10.3 Å². The maximum absolute atomic E-state index is 12.7. The lowest BCUT2D eigenvalue weighted by Crippen LogP contribution is -2.46. The molecule has 160 valence electrons. The van der Waals surface area contributed by atoms with Gasteiger partial charge in [-0.1, -0.05) is 37.3 Å². The maximum Gasteiger partial charge on any atom is 0.193 e. The Labute approximate surface area is 191 Å². The van der Waals surface area contributed by atoms with Crippen LogP contribution in [0.1, 0.15) is 18.9 Å². The van der Waals surface area contributed by atoms with Crippen LogP contribution in [0.3, 0.4) is 0 Å². The molecule has 0 aliphatic carbocycles. The minimum absolute atomic E-state index is 0. The molecular formula is C21H30IN3O3S. The van der Waals surface area contributed by atoms with Crippen molar-refractivity contribution in [3.8, 4) is 5.75 Å². The van der Waals surface area contributed by atoms with E-state index in [1.165, 1.54) is 0 Å². The SMILES string of the molecule is CCC(CS(=O)(=O)c1ccccc1)NC(=NC)N(C)Cc1ccc(OC)cc1.I. The highest BCUT2D eigenvalue weighted by atomic mass is 127. The molecular weight excluding hydrogens is 501 g/mol. The molecule has 2 aromatic carbocycles. The van der Waals surface area contributed by atoms with E-state index in [0.29, 0.717) is 23.8 Å². The zero-order valence-corrected chi connectivity index (χ0v) is 20.5.